The number of carbonyl (C=O) groups is 1. The summed E-state index contributed by atoms with van der Waals surface area (Å²) in [5, 5.41) is 2.98. The molecule has 7 nitrogen and oxygen atoms in total. The summed E-state index contributed by atoms with van der Waals surface area (Å²) in [6.45, 7) is 5.54. The highest BCUT2D eigenvalue weighted by Gasteiger charge is 2.34. The minimum atomic E-state index is -0.731. The van der Waals surface area contributed by atoms with Gasteiger partial charge in [-0.1, -0.05) is 29.5 Å². The molecule has 0 saturated heterocycles. The Labute approximate surface area is 193 Å². The molecule has 1 N–H and O–H groups in total. The van der Waals surface area contributed by atoms with Crippen molar-refractivity contribution in [3.8, 4) is 0 Å². The van der Waals surface area contributed by atoms with E-state index in [0.29, 0.717) is 37.8 Å². The molecular formula is C25H21N3O4S. The van der Waals surface area contributed by atoms with E-state index in [9.17, 15) is 9.59 Å². The third-order valence-electron chi connectivity index (χ3n) is 5.53. The molecule has 3 aromatic heterocycles. The van der Waals surface area contributed by atoms with E-state index in [2.05, 4.69) is 10.3 Å². The number of hydrogen-bond donors (Lipinski definition) is 1. The van der Waals surface area contributed by atoms with Crippen LogP contribution in [0, 0.1) is 13.8 Å². The molecule has 1 aromatic carbocycles. The molecule has 0 aliphatic carbocycles. The zero-order valence-corrected chi connectivity index (χ0v) is 19.1. The zero-order valence-electron chi connectivity index (χ0n) is 18.3. The summed E-state index contributed by atoms with van der Waals surface area (Å²) in [5.74, 6) is 0.875. The monoisotopic (exact) mass is 459 g/mol. The first-order valence-corrected chi connectivity index (χ1v) is 11.2. The van der Waals surface area contributed by atoms with Crippen LogP contribution >= 0.6 is 11.3 Å². The van der Waals surface area contributed by atoms with Crippen molar-refractivity contribution in [3.63, 3.8) is 0 Å². The number of fused-ring (bicyclic) bond motifs is 1. The maximum atomic E-state index is 13.5. The van der Waals surface area contributed by atoms with Gasteiger partial charge in [-0.2, -0.15) is 0 Å². The number of hydrogen-bond acceptors (Lipinski definition) is 6. The Hall–Kier alpha value is -3.91. The van der Waals surface area contributed by atoms with Gasteiger partial charge >= 0.3 is 0 Å². The zero-order chi connectivity index (χ0) is 23.1. The maximum Gasteiger partial charge on any atom is 0.271 e. The second kappa shape index (κ2) is 8.22. The molecule has 0 unspecified atom stereocenters. The van der Waals surface area contributed by atoms with Crippen molar-refractivity contribution in [2.45, 2.75) is 26.8 Å². The van der Waals surface area contributed by atoms with E-state index in [1.165, 1.54) is 15.9 Å². The van der Waals surface area contributed by atoms with E-state index in [-0.39, 0.29) is 11.5 Å². The fourth-order valence-corrected chi connectivity index (χ4v) is 4.94. The normalized spacial score (nSPS) is 16.0. The average Bonchev–Trinajstić information content (AvgIpc) is 3.51. The summed E-state index contributed by atoms with van der Waals surface area (Å²) in [7, 11) is 0. The third-order valence-corrected chi connectivity index (χ3v) is 6.51. The molecule has 0 saturated carbocycles. The van der Waals surface area contributed by atoms with Crippen molar-refractivity contribution in [2.75, 3.05) is 5.32 Å². The molecular weight excluding hydrogens is 438 g/mol. The molecule has 0 radical (unpaired) electrons. The Morgan fingerprint density at radius 1 is 1.15 bits per heavy atom. The Morgan fingerprint density at radius 3 is 2.67 bits per heavy atom. The van der Waals surface area contributed by atoms with Crippen LogP contribution < -0.4 is 20.2 Å². The Kier molecular flexibility index (Phi) is 5.22. The highest BCUT2D eigenvalue weighted by Crippen LogP contribution is 2.32. The first-order chi connectivity index (χ1) is 15.9. The number of rotatable bonds is 4. The van der Waals surface area contributed by atoms with E-state index in [4.69, 9.17) is 8.83 Å². The van der Waals surface area contributed by atoms with E-state index in [0.717, 1.165) is 11.1 Å². The van der Waals surface area contributed by atoms with Crippen LogP contribution in [-0.2, 0) is 4.79 Å². The third kappa shape index (κ3) is 3.78. The summed E-state index contributed by atoms with van der Waals surface area (Å²) in [4.78, 5) is 32.1. The predicted molar refractivity (Wildman–Crippen MR) is 126 cm³/mol. The van der Waals surface area contributed by atoms with Crippen LogP contribution in [0.3, 0.4) is 0 Å². The van der Waals surface area contributed by atoms with Gasteiger partial charge in [0.2, 0.25) is 0 Å². The van der Waals surface area contributed by atoms with Crippen LogP contribution in [0.4, 0.5) is 5.69 Å². The predicted octanol–water partition coefficient (Wildman–Crippen LogP) is 3.68. The van der Waals surface area contributed by atoms with Gasteiger partial charge < -0.3 is 14.2 Å². The standard InChI is InChI=1S/C25H21N3O4S/c1-14-6-4-5-7-18(14)27-23(29)21-16(3)26-25-28(22(21)19-9-8-15(2)32-19)24(30)20(33-25)12-17-10-11-31-13-17/h4-13,22H,1-3H3,(H,27,29)/b20-12+/t22-/m0/s1. The molecule has 4 aromatic rings. The molecule has 1 atom stereocenters. The van der Waals surface area contributed by atoms with Crippen LogP contribution in [0.1, 0.15) is 35.6 Å². The van der Waals surface area contributed by atoms with Crippen LogP contribution in [0.5, 0.6) is 0 Å². The number of aromatic nitrogens is 1. The summed E-state index contributed by atoms with van der Waals surface area (Å²) in [6.07, 6.45) is 4.87. The molecule has 0 fully saturated rings. The Bertz CT molecular complexity index is 1570. The van der Waals surface area contributed by atoms with Gasteiger partial charge in [-0.05, 0) is 56.7 Å². The minimum Gasteiger partial charge on any atom is -0.472 e. The number of furan rings is 2. The number of thiazole rings is 1. The lowest BCUT2D eigenvalue weighted by molar-refractivity contribution is -0.113. The molecule has 0 spiro atoms. The van der Waals surface area contributed by atoms with Crippen molar-refractivity contribution in [3.05, 3.63) is 109 Å². The second-order valence-electron chi connectivity index (χ2n) is 7.86. The molecule has 1 amide bonds. The summed E-state index contributed by atoms with van der Waals surface area (Å²) in [6, 6.07) is 12.2. The van der Waals surface area contributed by atoms with Gasteiger partial charge in [0.1, 0.15) is 17.6 Å². The molecule has 0 bridgehead atoms. The Balaban J connectivity index is 1.67. The highest BCUT2D eigenvalue weighted by atomic mass is 32.1. The number of para-hydroxylation sites is 1. The van der Waals surface area contributed by atoms with Gasteiger partial charge in [0.25, 0.3) is 11.5 Å². The van der Waals surface area contributed by atoms with Gasteiger partial charge in [-0.25, -0.2) is 4.99 Å². The van der Waals surface area contributed by atoms with Gasteiger partial charge in [0, 0.05) is 11.3 Å². The van der Waals surface area contributed by atoms with Crippen molar-refractivity contribution < 1.29 is 13.6 Å². The first-order valence-electron chi connectivity index (χ1n) is 10.4. The molecule has 5 rings (SSSR count). The maximum absolute atomic E-state index is 13.5. The first kappa shape index (κ1) is 21.0. The minimum absolute atomic E-state index is 0.243. The van der Waals surface area contributed by atoms with E-state index < -0.39 is 6.04 Å². The fraction of sp³-hybridized carbons (Fsp3) is 0.160. The number of anilines is 1. The lowest BCUT2D eigenvalue weighted by Gasteiger charge is -2.23. The van der Waals surface area contributed by atoms with Crippen LogP contribution in [0.15, 0.2) is 84.9 Å². The van der Waals surface area contributed by atoms with Gasteiger partial charge in [-0.3, -0.25) is 14.2 Å². The number of allylic oxidation sites excluding steroid dienone is 1. The van der Waals surface area contributed by atoms with Crippen molar-refractivity contribution >= 4 is 29.0 Å². The van der Waals surface area contributed by atoms with Gasteiger partial charge in [0.05, 0.1) is 28.3 Å². The number of nitrogens with one attached hydrogen (secondary N) is 1. The lowest BCUT2D eigenvalue weighted by Crippen LogP contribution is -2.40. The van der Waals surface area contributed by atoms with Gasteiger partial charge in [-0.15, -0.1) is 0 Å². The van der Waals surface area contributed by atoms with Crippen LogP contribution in [0.2, 0.25) is 0 Å². The fourth-order valence-electron chi connectivity index (χ4n) is 3.89. The van der Waals surface area contributed by atoms with E-state index in [1.54, 1.807) is 37.7 Å². The number of benzene rings is 1. The molecule has 1 aliphatic rings. The molecule has 4 heterocycles. The van der Waals surface area contributed by atoms with E-state index in [1.807, 2.05) is 44.2 Å². The summed E-state index contributed by atoms with van der Waals surface area (Å²) >= 11 is 1.27. The number of nitrogens with zero attached hydrogens (tertiary/aromatic N) is 2. The van der Waals surface area contributed by atoms with Gasteiger partial charge in [0.15, 0.2) is 4.80 Å². The van der Waals surface area contributed by atoms with E-state index >= 15 is 0 Å². The van der Waals surface area contributed by atoms with Crippen molar-refractivity contribution in [1.29, 1.82) is 0 Å². The van der Waals surface area contributed by atoms with Crippen LogP contribution in [0.25, 0.3) is 6.08 Å². The number of aryl methyl sites for hydroxylation is 2. The number of amides is 1. The SMILES string of the molecule is CC1=C(C(=O)Nc2ccccc2C)[C@H](c2ccc(C)o2)n2c(s/c(=C/c3ccoc3)c2=O)=N1. The summed E-state index contributed by atoms with van der Waals surface area (Å²) in [5.41, 5.74) is 3.08. The van der Waals surface area contributed by atoms with Crippen molar-refractivity contribution in [1.82, 2.24) is 4.57 Å². The topological polar surface area (TPSA) is 89.7 Å². The lowest BCUT2D eigenvalue weighted by atomic mass is 10.00. The van der Waals surface area contributed by atoms with Crippen molar-refractivity contribution in [2.24, 2.45) is 4.99 Å². The highest BCUT2D eigenvalue weighted by molar-refractivity contribution is 7.07. The number of carbonyl (C=O) groups excluding carboxylic acids is 1. The average molecular weight is 460 g/mol. The second-order valence-corrected chi connectivity index (χ2v) is 8.87. The summed E-state index contributed by atoms with van der Waals surface area (Å²) < 4.78 is 13.1. The van der Waals surface area contributed by atoms with Crippen LogP contribution in [-0.4, -0.2) is 10.5 Å². The quantitative estimate of drug-likeness (QED) is 0.504. The molecule has 8 heteroatoms. The smallest absolute Gasteiger partial charge is 0.271 e. The largest absolute Gasteiger partial charge is 0.472 e. The molecule has 166 valence electrons. The Morgan fingerprint density at radius 2 is 1.97 bits per heavy atom. The molecule has 33 heavy (non-hydrogen) atoms. The molecule has 1 aliphatic heterocycles.